The highest BCUT2D eigenvalue weighted by atomic mass is 16.3. The van der Waals surface area contributed by atoms with Crippen LogP contribution in [0.1, 0.15) is 6.85 Å². The second-order valence-corrected chi connectivity index (χ2v) is 12.0. The van der Waals surface area contributed by atoms with E-state index in [4.69, 9.17) is 30.6 Å². The van der Waals surface area contributed by atoms with Crippen LogP contribution in [-0.4, -0.2) is 15.0 Å². The average molecular weight is 647 g/mol. The van der Waals surface area contributed by atoms with E-state index in [0.29, 0.717) is 39.8 Å². The summed E-state index contributed by atoms with van der Waals surface area (Å²) in [6.07, 6.45) is 0. The van der Waals surface area contributed by atoms with Crippen molar-refractivity contribution in [1.82, 2.24) is 15.0 Å². The van der Waals surface area contributed by atoms with Crippen LogP contribution in [0.5, 0.6) is 0 Å². The molecule has 0 bridgehead atoms. The second-order valence-electron chi connectivity index (χ2n) is 12.0. The quantitative estimate of drug-likeness (QED) is 0.186. The monoisotopic (exact) mass is 646 g/mol. The molecular weight excluding hydrogens is 615 g/mol. The minimum absolute atomic E-state index is 0.107. The maximum atomic E-state index is 8.56. The van der Waals surface area contributed by atoms with Crippen molar-refractivity contribution in [1.29, 1.82) is 0 Å². The molecule has 3 heterocycles. The van der Waals surface area contributed by atoms with Crippen molar-refractivity contribution in [2.24, 2.45) is 0 Å². The highest BCUT2D eigenvalue weighted by Gasteiger charge is 2.19. The maximum absolute atomic E-state index is 8.56. The number of hydrogen-bond acceptors (Lipinski definition) is 5. The fourth-order valence-corrected chi connectivity index (χ4v) is 6.70. The molecule has 0 saturated heterocycles. The summed E-state index contributed by atoms with van der Waals surface area (Å²) in [5.41, 5.74) is 7.68. The van der Waals surface area contributed by atoms with Crippen molar-refractivity contribution in [3.63, 3.8) is 0 Å². The van der Waals surface area contributed by atoms with Crippen molar-refractivity contribution in [2.45, 2.75) is 0 Å². The molecule has 50 heavy (non-hydrogen) atoms. The lowest BCUT2D eigenvalue weighted by atomic mass is 9.99. The van der Waals surface area contributed by atoms with Crippen LogP contribution in [0.3, 0.4) is 0 Å². The normalized spacial score (nSPS) is 13.0. The first-order chi connectivity index (χ1) is 26.8. The van der Waals surface area contributed by atoms with E-state index in [-0.39, 0.29) is 17.6 Å². The first-order valence-corrected chi connectivity index (χ1v) is 16.2. The zero-order valence-electron chi connectivity index (χ0n) is 31.4. The number of para-hydroxylation sites is 2. The van der Waals surface area contributed by atoms with Crippen LogP contribution in [0.25, 0.3) is 100 Å². The van der Waals surface area contributed by atoms with Crippen LogP contribution in [-0.2, 0) is 0 Å². The van der Waals surface area contributed by atoms with E-state index in [1.54, 1.807) is 18.2 Å². The molecule has 0 fully saturated rings. The van der Waals surface area contributed by atoms with Gasteiger partial charge in [0, 0.05) is 43.8 Å². The van der Waals surface area contributed by atoms with Crippen LogP contribution >= 0.6 is 0 Å². The molecule has 0 radical (unpaired) electrons. The summed E-state index contributed by atoms with van der Waals surface area (Å²) in [7, 11) is 0. The van der Waals surface area contributed by atoms with Crippen LogP contribution in [0.2, 0.25) is 0 Å². The van der Waals surface area contributed by atoms with Crippen molar-refractivity contribution >= 4 is 43.9 Å². The van der Waals surface area contributed by atoms with E-state index < -0.39 is 18.1 Å². The third-order valence-electron chi connectivity index (χ3n) is 9.03. The smallest absolute Gasteiger partial charge is 0.164 e. The highest BCUT2D eigenvalue weighted by molar-refractivity contribution is 6.14. The van der Waals surface area contributed by atoms with E-state index in [1.165, 1.54) is 0 Å². The number of furan rings is 2. The fraction of sp³-hybridized carbons (Fsp3) is 0. The molecule has 0 N–H and O–H groups in total. The molecule has 10 rings (SSSR count). The Labute approximate surface area is 294 Å². The average Bonchev–Trinajstić information content (AvgIpc) is 3.81. The van der Waals surface area contributed by atoms with E-state index in [9.17, 15) is 0 Å². The van der Waals surface area contributed by atoms with Gasteiger partial charge in [0.15, 0.2) is 17.5 Å². The lowest BCUT2D eigenvalue weighted by Crippen LogP contribution is -2.00. The topological polar surface area (TPSA) is 65.0 Å². The van der Waals surface area contributed by atoms with Crippen LogP contribution < -0.4 is 0 Å². The summed E-state index contributed by atoms with van der Waals surface area (Å²) >= 11 is 0. The fourth-order valence-electron chi connectivity index (χ4n) is 6.70. The SMILES string of the molecule is [2H]c1c([2H])c([2H])c(-c2cccc(-c3nc(-c4ccccc4)nc(-c4cccc5oc6cc(-c7cccc8c7oc7ccccc78)ccc6c45)n3)c2)c([2H])c1[2H]. The highest BCUT2D eigenvalue weighted by Crippen LogP contribution is 2.41. The van der Waals surface area contributed by atoms with Gasteiger partial charge in [-0.25, -0.2) is 15.0 Å². The van der Waals surface area contributed by atoms with Gasteiger partial charge in [-0.1, -0.05) is 133 Å². The largest absolute Gasteiger partial charge is 0.456 e. The minimum Gasteiger partial charge on any atom is -0.456 e. The van der Waals surface area contributed by atoms with Gasteiger partial charge in [0.25, 0.3) is 0 Å². The second kappa shape index (κ2) is 11.4. The van der Waals surface area contributed by atoms with Crippen molar-refractivity contribution in [2.75, 3.05) is 0 Å². The molecule has 0 aliphatic heterocycles. The molecule has 3 aromatic heterocycles. The molecule has 0 saturated carbocycles. The Bertz CT molecular complexity index is 3150. The standard InChI is InChI=1S/C45H27N3O2/c1-3-12-28(13-4-1)30-16-9-17-32(26-30)44-46-43(29-14-5-2-6-15-29)47-45(48-44)37-21-11-23-39-41(37)36-25-24-31(27-40(36)49-39)33-19-10-20-35-34-18-7-8-22-38(34)50-42(33)35/h1-27H/i1D,3D,4D,12D,13D. The van der Waals surface area contributed by atoms with Gasteiger partial charge < -0.3 is 8.83 Å². The molecule has 0 atom stereocenters. The Morgan fingerprint density at radius 2 is 1.08 bits per heavy atom. The molecule has 0 spiro atoms. The lowest BCUT2D eigenvalue weighted by Gasteiger charge is -2.10. The first-order valence-electron chi connectivity index (χ1n) is 18.7. The van der Waals surface area contributed by atoms with Crippen molar-refractivity contribution < 1.29 is 15.7 Å². The predicted octanol–water partition coefficient (Wildman–Crippen LogP) is 12.0. The Morgan fingerprint density at radius 1 is 0.400 bits per heavy atom. The Kier molecular flexibility index (Phi) is 5.35. The minimum atomic E-state index is -0.440. The molecule has 10 aromatic rings. The molecule has 234 valence electrons. The Morgan fingerprint density at radius 3 is 1.98 bits per heavy atom. The molecule has 0 unspecified atom stereocenters. The number of fused-ring (bicyclic) bond motifs is 6. The molecule has 5 nitrogen and oxygen atoms in total. The lowest BCUT2D eigenvalue weighted by molar-refractivity contribution is 0.668. The molecule has 0 amide bonds. The maximum Gasteiger partial charge on any atom is 0.164 e. The third kappa shape index (κ3) is 4.67. The van der Waals surface area contributed by atoms with Crippen LogP contribution in [0.4, 0.5) is 0 Å². The summed E-state index contributed by atoms with van der Waals surface area (Å²) in [6.45, 7) is 0. The first kappa shape index (κ1) is 23.5. The number of hydrogen-bond donors (Lipinski definition) is 0. The summed E-state index contributed by atoms with van der Waals surface area (Å²) < 4.78 is 54.5. The number of nitrogens with zero attached hydrogens (tertiary/aromatic N) is 3. The van der Waals surface area contributed by atoms with Gasteiger partial charge in [-0.05, 0) is 47.0 Å². The van der Waals surface area contributed by atoms with E-state index in [1.807, 2.05) is 84.9 Å². The Balaban J connectivity index is 1.14. The van der Waals surface area contributed by atoms with Gasteiger partial charge >= 0.3 is 0 Å². The van der Waals surface area contributed by atoms with Gasteiger partial charge in [-0.3, -0.25) is 0 Å². The molecule has 0 aliphatic rings. The van der Waals surface area contributed by atoms with Gasteiger partial charge in [0.1, 0.15) is 22.3 Å². The molecule has 7 aromatic carbocycles. The number of benzene rings is 7. The number of rotatable bonds is 5. The molecule has 0 aliphatic carbocycles. The molecule has 5 heteroatoms. The number of aromatic nitrogens is 3. The van der Waals surface area contributed by atoms with Crippen molar-refractivity contribution in [3.8, 4) is 56.4 Å². The zero-order chi connectivity index (χ0) is 37.4. The van der Waals surface area contributed by atoms with E-state index in [0.717, 1.165) is 55.0 Å². The summed E-state index contributed by atoms with van der Waals surface area (Å²) in [4.78, 5) is 14.9. The van der Waals surface area contributed by atoms with Gasteiger partial charge in [-0.15, -0.1) is 0 Å². The van der Waals surface area contributed by atoms with E-state index >= 15 is 0 Å². The summed E-state index contributed by atoms with van der Waals surface area (Å²) in [6, 6.07) is 41.2. The summed E-state index contributed by atoms with van der Waals surface area (Å²) in [5.74, 6) is 1.26. The van der Waals surface area contributed by atoms with Gasteiger partial charge in [0.05, 0.1) is 6.85 Å². The third-order valence-corrected chi connectivity index (χ3v) is 9.03. The summed E-state index contributed by atoms with van der Waals surface area (Å²) in [5, 5.41) is 3.88. The Hall–Kier alpha value is -6.85. The zero-order valence-corrected chi connectivity index (χ0v) is 26.4. The van der Waals surface area contributed by atoms with Crippen LogP contribution in [0, 0.1) is 0 Å². The van der Waals surface area contributed by atoms with E-state index in [2.05, 4.69) is 30.3 Å². The van der Waals surface area contributed by atoms with Gasteiger partial charge in [0.2, 0.25) is 0 Å². The molecular formula is C45H27N3O2. The van der Waals surface area contributed by atoms with Gasteiger partial charge in [-0.2, -0.15) is 0 Å². The van der Waals surface area contributed by atoms with Crippen molar-refractivity contribution in [3.05, 3.63) is 164 Å². The predicted molar refractivity (Wildman–Crippen MR) is 202 cm³/mol. The van der Waals surface area contributed by atoms with Crippen LogP contribution in [0.15, 0.2) is 173 Å².